The Hall–Kier alpha value is -2.12. The standard InChI is InChI=1S/C19H20ClN3O4/c20-13-1-3-14(4-2-13)26-8-15(24)21-19-9-18(10-19,11-19)17-23-22-16(27-17)12-5-6-25-7-12/h1-4,12H,5-11H2,(H,21,24). The fourth-order valence-corrected chi connectivity index (χ4v) is 4.63. The summed E-state index contributed by atoms with van der Waals surface area (Å²) in [7, 11) is 0. The van der Waals surface area contributed by atoms with Gasteiger partial charge in [-0.1, -0.05) is 11.6 Å². The first-order valence-corrected chi connectivity index (χ1v) is 9.55. The number of benzene rings is 1. The lowest BCUT2D eigenvalue weighted by molar-refractivity contribution is -0.143. The number of carbonyl (C=O) groups excluding carboxylic acids is 1. The Bertz CT molecular complexity index is 840. The second kappa shape index (κ2) is 6.21. The van der Waals surface area contributed by atoms with Crippen molar-refractivity contribution in [3.05, 3.63) is 41.1 Å². The van der Waals surface area contributed by atoms with Crippen molar-refractivity contribution in [2.75, 3.05) is 19.8 Å². The van der Waals surface area contributed by atoms with E-state index in [1.54, 1.807) is 24.3 Å². The zero-order valence-electron chi connectivity index (χ0n) is 14.7. The number of rotatable bonds is 6. The summed E-state index contributed by atoms with van der Waals surface area (Å²) in [5, 5.41) is 12.2. The van der Waals surface area contributed by atoms with Gasteiger partial charge in [0.05, 0.1) is 17.9 Å². The largest absolute Gasteiger partial charge is 0.484 e. The first-order chi connectivity index (χ1) is 13.1. The van der Waals surface area contributed by atoms with E-state index in [9.17, 15) is 4.79 Å². The predicted molar refractivity (Wildman–Crippen MR) is 95.8 cm³/mol. The SMILES string of the molecule is O=C(COc1ccc(Cl)cc1)NC12CC(c3nnc(C4CCOC4)o3)(C1)C2. The Morgan fingerprint density at radius 2 is 2.04 bits per heavy atom. The number of amides is 1. The van der Waals surface area contributed by atoms with Crippen molar-refractivity contribution >= 4 is 17.5 Å². The number of nitrogens with zero attached hydrogens (tertiary/aromatic N) is 2. The van der Waals surface area contributed by atoms with Crippen molar-refractivity contribution in [3.63, 3.8) is 0 Å². The molecular weight excluding hydrogens is 370 g/mol. The maximum Gasteiger partial charge on any atom is 0.258 e. The van der Waals surface area contributed by atoms with E-state index < -0.39 is 0 Å². The molecule has 1 amide bonds. The molecule has 1 aromatic heterocycles. The number of carbonyl (C=O) groups is 1. The third kappa shape index (κ3) is 2.99. The molecule has 1 N–H and O–H groups in total. The summed E-state index contributed by atoms with van der Waals surface area (Å²) in [6.45, 7) is 1.39. The average Bonchev–Trinajstić information content (AvgIpc) is 3.27. The Kier molecular flexibility index (Phi) is 3.91. The Balaban J connectivity index is 1.13. The summed E-state index contributed by atoms with van der Waals surface area (Å²) in [5.41, 5.74) is -0.208. The van der Waals surface area contributed by atoms with Crippen LogP contribution in [-0.4, -0.2) is 41.5 Å². The van der Waals surface area contributed by atoms with Gasteiger partial charge in [-0.25, -0.2) is 0 Å². The van der Waals surface area contributed by atoms with Crippen LogP contribution in [0.2, 0.25) is 5.02 Å². The number of ether oxygens (including phenoxy) is 2. The smallest absolute Gasteiger partial charge is 0.258 e. The van der Waals surface area contributed by atoms with Gasteiger partial charge in [0.1, 0.15) is 5.75 Å². The van der Waals surface area contributed by atoms with Crippen LogP contribution in [0.1, 0.15) is 43.4 Å². The van der Waals surface area contributed by atoms with Gasteiger partial charge >= 0.3 is 0 Å². The molecule has 3 saturated carbocycles. The molecule has 0 spiro atoms. The van der Waals surface area contributed by atoms with E-state index in [1.165, 1.54) is 0 Å². The van der Waals surface area contributed by atoms with Crippen molar-refractivity contribution in [1.29, 1.82) is 0 Å². The summed E-state index contributed by atoms with van der Waals surface area (Å²) < 4.78 is 16.8. The number of aromatic nitrogens is 2. The molecule has 1 saturated heterocycles. The molecule has 27 heavy (non-hydrogen) atoms. The zero-order valence-corrected chi connectivity index (χ0v) is 15.5. The summed E-state index contributed by atoms with van der Waals surface area (Å²) in [6.07, 6.45) is 3.46. The van der Waals surface area contributed by atoms with Gasteiger partial charge in [-0.05, 0) is 49.9 Å². The van der Waals surface area contributed by atoms with Crippen molar-refractivity contribution < 1.29 is 18.7 Å². The predicted octanol–water partition coefficient (Wildman–Crippen LogP) is 2.60. The molecule has 1 aromatic carbocycles. The summed E-state index contributed by atoms with van der Waals surface area (Å²) in [6, 6.07) is 6.95. The molecule has 2 heterocycles. The third-order valence-corrected chi connectivity index (χ3v) is 6.04. The zero-order chi connectivity index (χ0) is 18.5. The van der Waals surface area contributed by atoms with E-state index in [0.717, 1.165) is 32.3 Å². The van der Waals surface area contributed by atoms with Crippen molar-refractivity contribution in [1.82, 2.24) is 15.5 Å². The van der Waals surface area contributed by atoms with Crippen LogP contribution in [0.5, 0.6) is 5.75 Å². The lowest BCUT2D eigenvalue weighted by Crippen LogP contribution is -2.77. The quantitative estimate of drug-likeness (QED) is 0.817. The molecule has 2 bridgehead atoms. The molecule has 8 heteroatoms. The Morgan fingerprint density at radius 1 is 1.26 bits per heavy atom. The van der Waals surface area contributed by atoms with E-state index in [1.807, 2.05) is 0 Å². The van der Waals surface area contributed by atoms with Crippen molar-refractivity contribution in [2.45, 2.75) is 42.6 Å². The van der Waals surface area contributed by atoms with Crippen LogP contribution < -0.4 is 10.1 Å². The Morgan fingerprint density at radius 3 is 2.74 bits per heavy atom. The summed E-state index contributed by atoms with van der Waals surface area (Å²) in [5.74, 6) is 2.11. The van der Waals surface area contributed by atoms with E-state index in [0.29, 0.717) is 29.2 Å². The third-order valence-electron chi connectivity index (χ3n) is 5.79. The Labute approximate surface area is 161 Å². The van der Waals surface area contributed by atoms with Crippen LogP contribution in [0.4, 0.5) is 0 Å². The molecule has 2 aromatic rings. The van der Waals surface area contributed by atoms with Crippen LogP contribution in [0, 0.1) is 0 Å². The fraction of sp³-hybridized carbons (Fsp3) is 0.526. The van der Waals surface area contributed by atoms with Crippen molar-refractivity contribution in [2.24, 2.45) is 0 Å². The van der Waals surface area contributed by atoms with Gasteiger partial charge in [-0.2, -0.15) is 0 Å². The van der Waals surface area contributed by atoms with Gasteiger partial charge in [-0.15, -0.1) is 10.2 Å². The molecule has 1 unspecified atom stereocenters. The van der Waals surface area contributed by atoms with Gasteiger partial charge in [0.2, 0.25) is 11.8 Å². The van der Waals surface area contributed by atoms with Gasteiger partial charge in [0.25, 0.3) is 5.91 Å². The minimum atomic E-state index is -0.147. The number of hydrogen-bond acceptors (Lipinski definition) is 6. The van der Waals surface area contributed by atoms with E-state index in [4.69, 9.17) is 25.5 Å². The fourth-order valence-electron chi connectivity index (χ4n) is 4.50. The number of hydrogen-bond donors (Lipinski definition) is 1. The van der Waals surface area contributed by atoms with Gasteiger partial charge in [0, 0.05) is 17.2 Å². The molecule has 142 valence electrons. The highest BCUT2D eigenvalue weighted by Crippen LogP contribution is 2.67. The highest BCUT2D eigenvalue weighted by atomic mass is 35.5. The lowest BCUT2D eigenvalue weighted by atomic mass is 9.39. The maximum atomic E-state index is 12.2. The van der Waals surface area contributed by atoms with Crippen LogP contribution in [-0.2, 0) is 14.9 Å². The highest BCUT2D eigenvalue weighted by Gasteiger charge is 2.71. The van der Waals surface area contributed by atoms with Gasteiger partial charge in [-0.3, -0.25) is 4.79 Å². The normalized spacial score (nSPS) is 31.1. The lowest BCUT2D eigenvalue weighted by Gasteiger charge is -2.68. The average molecular weight is 390 g/mol. The van der Waals surface area contributed by atoms with Gasteiger partial charge < -0.3 is 19.2 Å². The maximum absolute atomic E-state index is 12.2. The minimum absolute atomic E-state index is 0.0111. The number of halogens is 1. The second-order valence-electron chi connectivity index (χ2n) is 7.89. The molecule has 4 fully saturated rings. The van der Waals surface area contributed by atoms with Crippen LogP contribution in [0.25, 0.3) is 0 Å². The van der Waals surface area contributed by atoms with Crippen LogP contribution in [0.3, 0.4) is 0 Å². The first kappa shape index (κ1) is 17.0. The van der Waals surface area contributed by atoms with Crippen LogP contribution >= 0.6 is 11.6 Å². The topological polar surface area (TPSA) is 86.5 Å². The second-order valence-corrected chi connectivity index (χ2v) is 8.32. The number of nitrogens with one attached hydrogen (secondary N) is 1. The van der Waals surface area contributed by atoms with Crippen molar-refractivity contribution in [3.8, 4) is 5.75 Å². The van der Waals surface area contributed by atoms with Gasteiger partial charge in [0.15, 0.2) is 6.61 Å². The molecule has 7 nitrogen and oxygen atoms in total. The molecule has 6 rings (SSSR count). The molecule has 1 aliphatic heterocycles. The van der Waals surface area contributed by atoms with E-state index >= 15 is 0 Å². The highest BCUT2D eigenvalue weighted by molar-refractivity contribution is 6.30. The molecule has 0 radical (unpaired) electrons. The molecular formula is C19H20ClN3O4. The molecule has 1 atom stereocenters. The first-order valence-electron chi connectivity index (χ1n) is 9.17. The molecule has 4 aliphatic rings. The minimum Gasteiger partial charge on any atom is -0.484 e. The van der Waals surface area contributed by atoms with Crippen LogP contribution in [0.15, 0.2) is 28.7 Å². The summed E-state index contributed by atoms with van der Waals surface area (Å²) >= 11 is 5.84. The van der Waals surface area contributed by atoms with E-state index in [2.05, 4.69) is 15.5 Å². The van der Waals surface area contributed by atoms with E-state index in [-0.39, 0.29) is 29.4 Å². The molecule has 3 aliphatic carbocycles. The summed E-state index contributed by atoms with van der Waals surface area (Å²) in [4.78, 5) is 12.2. The monoisotopic (exact) mass is 389 g/mol.